The van der Waals surface area contributed by atoms with Crippen molar-refractivity contribution in [1.29, 1.82) is 0 Å². The number of methoxy groups -OCH3 is 1. The van der Waals surface area contributed by atoms with Gasteiger partial charge in [0.1, 0.15) is 24.2 Å². The number of hydrogen-bond acceptors (Lipinski definition) is 6. The van der Waals surface area contributed by atoms with Crippen LogP contribution in [0.2, 0.25) is 0 Å². The molecule has 1 aromatic heterocycles. The summed E-state index contributed by atoms with van der Waals surface area (Å²) < 4.78 is 10.6. The van der Waals surface area contributed by atoms with Crippen LogP contribution < -0.4 is 15.0 Å². The Morgan fingerprint density at radius 3 is 2.79 bits per heavy atom. The second kappa shape index (κ2) is 8.18. The quantitative estimate of drug-likeness (QED) is 0.674. The van der Waals surface area contributed by atoms with Gasteiger partial charge in [-0.05, 0) is 36.2 Å². The molecule has 3 aromatic rings. The second-order valence-electron chi connectivity index (χ2n) is 6.75. The van der Waals surface area contributed by atoms with Gasteiger partial charge in [0.05, 0.1) is 13.2 Å². The van der Waals surface area contributed by atoms with Gasteiger partial charge in [0.25, 0.3) is 0 Å². The molecule has 1 aliphatic heterocycles. The van der Waals surface area contributed by atoms with E-state index in [0.717, 1.165) is 16.9 Å². The Balaban J connectivity index is 1.57. The number of anilines is 2. The summed E-state index contributed by atoms with van der Waals surface area (Å²) in [7, 11) is 1.64. The van der Waals surface area contributed by atoms with Crippen LogP contribution in [-0.4, -0.2) is 29.8 Å². The van der Waals surface area contributed by atoms with Crippen LogP contribution in [0, 0.1) is 0 Å². The number of carbonyl (C=O) groups is 1. The van der Waals surface area contributed by atoms with Crippen molar-refractivity contribution in [3.8, 4) is 5.75 Å². The molecule has 1 fully saturated rings. The zero-order valence-corrected chi connectivity index (χ0v) is 16.3. The van der Waals surface area contributed by atoms with Crippen LogP contribution in [0.3, 0.4) is 0 Å². The lowest BCUT2D eigenvalue weighted by Gasteiger charge is -2.21. The predicted octanol–water partition coefficient (Wildman–Crippen LogP) is 4.36. The van der Waals surface area contributed by atoms with E-state index in [2.05, 4.69) is 15.3 Å². The third kappa shape index (κ3) is 3.99. The summed E-state index contributed by atoms with van der Waals surface area (Å²) in [6.07, 6.45) is 1.22. The monoisotopic (exact) mass is 390 g/mol. The summed E-state index contributed by atoms with van der Waals surface area (Å²) >= 11 is 0. The van der Waals surface area contributed by atoms with Gasteiger partial charge in [-0.1, -0.05) is 42.5 Å². The largest absolute Gasteiger partial charge is 0.497 e. The van der Waals surface area contributed by atoms with E-state index in [1.807, 2.05) is 61.5 Å². The van der Waals surface area contributed by atoms with Gasteiger partial charge in [-0.15, -0.1) is 0 Å². The predicted molar refractivity (Wildman–Crippen MR) is 110 cm³/mol. The van der Waals surface area contributed by atoms with Crippen molar-refractivity contribution >= 4 is 17.9 Å². The average molecular weight is 390 g/mol. The van der Waals surface area contributed by atoms with Gasteiger partial charge in [-0.3, -0.25) is 4.90 Å². The van der Waals surface area contributed by atoms with Gasteiger partial charge in [0, 0.05) is 6.20 Å². The summed E-state index contributed by atoms with van der Waals surface area (Å²) in [5, 5.41) is 3.29. The molecule has 0 unspecified atom stereocenters. The Hall–Kier alpha value is -3.61. The topological polar surface area (TPSA) is 76.6 Å². The third-order valence-corrected chi connectivity index (χ3v) is 4.88. The van der Waals surface area contributed by atoms with Crippen LogP contribution in [0.1, 0.15) is 30.1 Å². The van der Waals surface area contributed by atoms with Gasteiger partial charge < -0.3 is 14.8 Å². The first-order chi connectivity index (χ1) is 14.2. The molecule has 7 nitrogen and oxygen atoms in total. The van der Waals surface area contributed by atoms with E-state index in [1.54, 1.807) is 24.3 Å². The number of aromatic nitrogens is 2. The maximum Gasteiger partial charge on any atom is 0.416 e. The van der Waals surface area contributed by atoms with Gasteiger partial charge in [0.15, 0.2) is 0 Å². The number of hydrogen-bond donors (Lipinski definition) is 1. The smallest absolute Gasteiger partial charge is 0.416 e. The van der Waals surface area contributed by atoms with Crippen molar-refractivity contribution in [1.82, 2.24) is 9.97 Å². The zero-order chi connectivity index (χ0) is 20.2. The molecule has 2 aromatic carbocycles. The van der Waals surface area contributed by atoms with Crippen molar-refractivity contribution in [3.63, 3.8) is 0 Å². The van der Waals surface area contributed by atoms with Gasteiger partial charge in [-0.25, -0.2) is 9.78 Å². The lowest BCUT2D eigenvalue weighted by atomic mass is 10.1. The molecule has 148 valence electrons. The molecular weight excluding hydrogens is 368 g/mol. The van der Waals surface area contributed by atoms with Gasteiger partial charge in [-0.2, -0.15) is 4.98 Å². The number of cyclic esters (lactones) is 1. The van der Waals surface area contributed by atoms with Crippen LogP contribution in [0.5, 0.6) is 5.75 Å². The van der Waals surface area contributed by atoms with E-state index in [4.69, 9.17) is 9.47 Å². The fourth-order valence-corrected chi connectivity index (χ4v) is 3.34. The van der Waals surface area contributed by atoms with Crippen LogP contribution in [-0.2, 0) is 4.74 Å². The molecule has 0 saturated carbocycles. The lowest BCUT2D eigenvalue weighted by molar-refractivity contribution is 0.179. The first-order valence-corrected chi connectivity index (χ1v) is 9.40. The van der Waals surface area contributed by atoms with Crippen molar-refractivity contribution in [2.45, 2.75) is 19.0 Å². The van der Waals surface area contributed by atoms with Crippen LogP contribution in [0.25, 0.3) is 0 Å². The molecule has 29 heavy (non-hydrogen) atoms. The highest BCUT2D eigenvalue weighted by atomic mass is 16.6. The SMILES string of the molecule is COc1cccc([C@H](C)Nc2nccc(N3C(=O)OC[C@@H]3c3ccccc3)n2)c1. The molecule has 4 rings (SSSR count). The molecule has 1 amide bonds. The van der Waals surface area contributed by atoms with Crippen LogP contribution in [0.4, 0.5) is 16.6 Å². The van der Waals surface area contributed by atoms with Crippen LogP contribution in [0.15, 0.2) is 66.9 Å². The van der Waals surface area contributed by atoms with Crippen molar-refractivity contribution in [2.24, 2.45) is 0 Å². The summed E-state index contributed by atoms with van der Waals surface area (Å²) in [6.45, 7) is 2.30. The van der Waals surface area contributed by atoms with E-state index < -0.39 is 6.09 Å². The van der Waals surface area contributed by atoms with Crippen molar-refractivity contribution in [2.75, 3.05) is 23.9 Å². The number of rotatable bonds is 6. The van der Waals surface area contributed by atoms with E-state index >= 15 is 0 Å². The van der Waals surface area contributed by atoms with Gasteiger partial charge in [0.2, 0.25) is 5.95 Å². The summed E-state index contributed by atoms with van der Waals surface area (Å²) in [5.74, 6) is 1.72. The fourth-order valence-electron chi connectivity index (χ4n) is 3.34. The number of amides is 1. The minimum absolute atomic E-state index is 0.0456. The molecule has 2 atom stereocenters. The normalized spacial score (nSPS) is 17.0. The number of nitrogens with one attached hydrogen (secondary N) is 1. The van der Waals surface area contributed by atoms with Crippen LogP contribution >= 0.6 is 0 Å². The Kier molecular flexibility index (Phi) is 5.29. The van der Waals surface area contributed by atoms with E-state index in [0.29, 0.717) is 11.8 Å². The molecule has 0 aliphatic carbocycles. The molecular formula is C22H22N4O3. The molecule has 2 heterocycles. The molecule has 0 radical (unpaired) electrons. The maximum absolute atomic E-state index is 12.4. The number of benzene rings is 2. The summed E-state index contributed by atoms with van der Waals surface area (Å²) in [5.41, 5.74) is 2.04. The fraction of sp³-hybridized carbons (Fsp3) is 0.227. The van der Waals surface area contributed by atoms with E-state index in [-0.39, 0.29) is 18.7 Å². The summed E-state index contributed by atoms with van der Waals surface area (Å²) in [4.78, 5) is 22.8. The molecule has 1 aliphatic rings. The van der Waals surface area contributed by atoms with E-state index in [9.17, 15) is 4.79 Å². The first kappa shape index (κ1) is 18.7. The van der Waals surface area contributed by atoms with Crippen molar-refractivity contribution < 1.29 is 14.3 Å². The Bertz CT molecular complexity index is 996. The van der Waals surface area contributed by atoms with Crippen molar-refractivity contribution in [3.05, 3.63) is 78.0 Å². The maximum atomic E-state index is 12.4. The number of carbonyl (C=O) groups excluding carboxylic acids is 1. The third-order valence-electron chi connectivity index (χ3n) is 4.88. The molecule has 1 N–H and O–H groups in total. The minimum atomic E-state index is -0.413. The molecule has 1 saturated heterocycles. The first-order valence-electron chi connectivity index (χ1n) is 9.40. The zero-order valence-electron chi connectivity index (χ0n) is 16.3. The standard InChI is InChI=1S/C22H22N4O3/c1-15(17-9-6-10-18(13-17)28-2)24-21-23-12-11-20(25-21)26-19(14-29-22(26)27)16-7-4-3-5-8-16/h3-13,15,19H,14H2,1-2H3,(H,23,24,25)/t15-,19+/m0/s1. The lowest BCUT2D eigenvalue weighted by Crippen LogP contribution is -2.28. The average Bonchev–Trinajstić information content (AvgIpc) is 3.16. The Morgan fingerprint density at radius 2 is 2.00 bits per heavy atom. The van der Waals surface area contributed by atoms with Gasteiger partial charge >= 0.3 is 6.09 Å². The number of nitrogens with zero attached hydrogens (tertiary/aromatic N) is 3. The highest BCUT2D eigenvalue weighted by Gasteiger charge is 2.36. The second-order valence-corrected chi connectivity index (χ2v) is 6.75. The Labute approximate surface area is 169 Å². The highest BCUT2D eigenvalue weighted by molar-refractivity contribution is 5.89. The molecule has 7 heteroatoms. The molecule has 0 bridgehead atoms. The highest BCUT2D eigenvalue weighted by Crippen LogP contribution is 2.32. The molecule has 0 spiro atoms. The van der Waals surface area contributed by atoms with E-state index in [1.165, 1.54) is 0 Å². The Morgan fingerprint density at radius 1 is 1.17 bits per heavy atom. The minimum Gasteiger partial charge on any atom is -0.497 e. The summed E-state index contributed by atoms with van der Waals surface area (Å²) in [6, 6.07) is 19.0. The number of ether oxygens (including phenoxy) is 2.